The van der Waals surface area contributed by atoms with Crippen molar-refractivity contribution in [1.82, 2.24) is 10.2 Å². The van der Waals surface area contributed by atoms with E-state index in [-0.39, 0.29) is 0 Å². The maximum absolute atomic E-state index is 3.35. The Morgan fingerprint density at radius 1 is 1.27 bits per heavy atom. The summed E-state index contributed by atoms with van der Waals surface area (Å²) < 4.78 is 0. The van der Waals surface area contributed by atoms with Crippen molar-refractivity contribution in [2.24, 2.45) is 0 Å². The van der Waals surface area contributed by atoms with Crippen molar-refractivity contribution in [2.75, 3.05) is 20.1 Å². The number of hydrogen-bond acceptors (Lipinski definition) is 2. The van der Waals surface area contributed by atoms with Crippen LogP contribution < -0.4 is 5.32 Å². The maximum Gasteiger partial charge on any atom is 0.0591 e. The summed E-state index contributed by atoms with van der Waals surface area (Å²) in [5.74, 6) is 0. The van der Waals surface area contributed by atoms with Crippen molar-refractivity contribution in [1.29, 1.82) is 0 Å². The van der Waals surface area contributed by atoms with Gasteiger partial charge in [0.15, 0.2) is 0 Å². The first-order chi connectivity index (χ1) is 5.38. The van der Waals surface area contributed by atoms with Crippen LogP contribution in [0, 0.1) is 0 Å². The van der Waals surface area contributed by atoms with Gasteiger partial charge < -0.3 is 5.32 Å². The summed E-state index contributed by atoms with van der Waals surface area (Å²) in [5.41, 5.74) is 0. The van der Waals surface area contributed by atoms with Crippen molar-refractivity contribution in [3.8, 4) is 0 Å². The van der Waals surface area contributed by atoms with Gasteiger partial charge in [0.25, 0.3) is 0 Å². The lowest BCUT2D eigenvalue weighted by atomic mass is 10.1. The zero-order valence-electron chi connectivity index (χ0n) is 7.77. The molecule has 1 aliphatic heterocycles. The predicted octanol–water partition coefficient (Wildman–Crippen LogP) is 1.43. The molecule has 0 amide bonds. The molecule has 2 heteroatoms. The van der Waals surface area contributed by atoms with E-state index < -0.39 is 0 Å². The van der Waals surface area contributed by atoms with Gasteiger partial charge in [-0.25, -0.2) is 0 Å². The first kappa shape index (κ1) is 9.01. The van der Waals surface area contributed by atoms with Crippen LogP contribution in [0.15, 0.2) is 0 Å². The number of likely N-dealkylation sites (tertiary alicyclic amines) is 1. The van der Waals surface area contributed by atoms with Crippen LogP contribution in [0.1, 0.15) is 32.6 Å². The van der Waals surface area contributed by atoms with Crippen molar-refractivity contribution in [3.05, 3.63) is 0 Å². The lowest BCUT2D eigenvalue weighted by Gasteiger charge is -2.33. The fraction of sp³-hybridized carbons (Fsp3) is 1.00. The Morgan fingerprint density at radius 2 is 1.91 bits per heavy atom. The molecule has 0 saturated carbocycles. The monoisotopic (exact) mass is 156 g/mol. The largest absolute Gasteiger partial charge is 0.305 e. The molecule has 1 unspecified atom stereocenters. The highest BCUT2D eigenvalue weighted by Crippen LogP contribution is 2.11. The second-order valence-corrected chi connectivity index (χ2v) is 3.31. The Balaban J connectivity index is 2.30. The zero-order valence-corrected chi connectivity index (χ0v) is 7.77. The Morgan fingerprint density at radius 3 is 2.36 bits per heavy atom. The summed E-state index contributed by atoms with van der Waals surface area (Å²) in [6.07, 6.45) is 6.04. The van der Waals surface area contributed by atoms with Gasteiger partial charge in [-0.15, -0.1) is 0 Å². The smallest absolute Gasteiger partial charge is 0.0591 e. The topological polar surface area (TPSA) is 15.3 Å². The van der Waals surface area contributed by atoms with Crippen LogP contribution in [0.5, 0.6) is 0 Å². The molecule has 11 heavy (non-hydrogen) atoms. The van der Waals surface area contributed by atoms with Gasteiger partial charge in [-0.3, -0.25) is 4.90 Å². The molecule has 1 atom stereocenters. The molecule has 2 nitrogen and oxygen atoms in total. The molecule has 1 aliphatic rings. The average molecular weight is 156 g/mol. The Kier molecular flexibility index (Phi) is 3.87. The van der Waals surface area contributed by atoms with Gasteiger partial charge in [-0.1, -0.05) is 13.3 Å². The first-order valence-electron chi connectivity index (χ1n) is 4.79. The lowest BCUT2D eigenvalue weighted by molar-refractivity contribution is 0.139. The minimum absolute atomic E-state index is 0.621. The molecule has 1 heterocycles. The van der Waals surface area contributed by atoms with E-state index in [0.29, 0.717) is 6.17 Å². The molecule has 1 fully saturated rings. The Labute approximate surface area is 70.0 Å². The third-order valence-corrected chi connectivity index (χ3v) is 2.55. The zero-order chi connectivity index (χ0) is 8.10. The van der Waals surface area contributed by atoms with Gasteiger partial charge in [-0.2, -0.15) is 0 Å². The number of piperidine rings is 1. The van der Waals surface area contributed by atoms with Gasteiger partial charge in [0.05, 0.1) is 6.17 Å². The van der Waals surface area contributed by atoms with E-state index in [4.69, 9.17) is 0 Å². The third kappa shape index (κ3) is 2.46. The number of nitrogens with zero attached hydrogens (tertiary/aromatic N) is 1. The molecule has 0 bridgehead atoms. The van der Waals surface area contributed by atoms with E-state index >= 15 is 0 Å². The number of hydrogen-bond donors (Lipinski definition) is 1. The third-order valence-electron chi connectivity index (χ3n) is 2.55. The summed E-state index contributed by atoms with van der Waals surface area (Å²) >= 11 is 0. The second-order valence-electron chi connectivity index (χ2n) is 3.31. The van der Waals surface area contributed by atoms with Crippen LogP contribution in [0.2, 0.25) is 0 Å². The molecule has 1 N–H and O–H groups in total. The molecule has 0 aromatic heterocycles. The minimum Gasteiger partial charge on any atom is -0.305 e. The van der Waals surface area contributed by atoms with Crippen LogP contribution >= 0.6 is 0 Å². The second kappa shape index (κ2) is 4.73. The summed E-state index contributed by atoms with van der Waals surface area (Å²) in [5, 5.41) is 3.35. The van der Waals surface area contributed by atoms with E-state index in [2.05, 4.69) is 24.2 Å². The van der Waals surface area contributed by atoms with Crippen LogP contribution in [0.3, 0.4) is 0 Å². The molecule has 0 aliphatic carbocycles. The highest BCUT2D eigenvalue weighted by Gasteiger charge is 2.16. The molecule has 1 saturated heterocycles. The molecule has 0 spiro atoms. The average Bonchev–Trinajstić information content (AvgIpc) is 2.09. The Bertz CT molecular complexity index is 93.7. The molecule has 66 valence electrons. The van der Waals surface area contributed by atoms with Gasteiger partial charge in [0.1, 0.15) is 0 Å². The summed E-state index contributed by atoms with van der Waals surface area (Å²) in [6, 6.07) is 0. The fourth-order valence-electron chi connectivity index (χ4n) is 1.87. The van der Waals surface area contributed by atoms with Crippen molar-refractivity contribution >= 4 is 0 Å². The van der Waals surface area contributed by atoms with E-state index in [1.807, 2.05) is 0 Å². The molecular formula is C9H20N2. The van der Waals surface area contributed by atoms with E-state index in [9.17, 15) is 0 Å². The SMILES string of the molecule is CCC(NC)N1CCCCC1. The van der Waals surface area contributed by atoms with Gasteiger partial charge in [-0.05, 0) is 39.4 Å². The van der Waals surface area contributed by atoms with Crippen molar-refractivity contribution in [2.45, 2.75) is 38.8 Å². The summed E-state index contributed by atoms with van der Waals surface area (Å²) in [7, 11) is 2.06. The molecule has 0 radical (unpaired) electrons. The van der Waals surface area contributed by atoms with Gasteiger partial charge in [0.2, 0.25) is 0 Å². The van der Waals surface area contributed by atoms with E-state index in [0.717, 1.165) is 0 Å². The number of nitrogens with one attached hydrogen (secondary N) is 1. The molecule has 0 aromatic carbocycles. The standard InChI is InChI=1S/C9H20N2/c1-3-9(10-2)11-7-5-4-6-8-11/h9-10H,3-8H2,1-2H3. The van der Waals surface area contributed by atoms with Gasteiger partial charge in [0, 0.05) is 0 Å². The van der Waals surface area contributed by atoms with Crippen LogP contribution in [0.25, 0.3) is 0 Å². The van der Waals surface area contributed by atoms with Crippen LogP contribution in [-0.4, -0.2) is 31.2 Å². The normalized spacial score (nSPS) is 23.5. The Hall–Kier alpha value is -0.0800. The summed E-state index contributed by atoms with van der Waals surface area (Å²) in [6.45, 7) is 4.83. The maximum atomic E-state index is 3.35. The predicted molar refractivity (Wildman–Crippen MR) is 48.6 cm³/mol. The highest BCUT2D eigenvalue weighted by atomic mass is 15.3. The number of rotatable bonds is 3. The lowest BCUT2D eigenvalue weighted by Crippen LogP contribution is -2.46. The van der Waals surface area contributed by atoms with Gasteiger partial charge >= 0.3 is 0 Å². The first-order valence-corrected chi connectivity index (χ1v) is 4.79. The minimum atomic E-state index is 0.621. The molecule has 1 rings (SSSR count). The van der Waals surface area contributed by atoms with Crippen molar-refractivity contribution in [3.63, 3.8) is 0 Å². The van der Waals surface area contributed by atoms with Crippen molar-refractivity contribution < 1.29 is 0 Å². The molecular weight excluding hydrogens is 136 g/mol. The van der Waals surface area contributed by atoms with E-state index in [1.165, 1.54) is 38.8 Å². The van der Waals surface area contributed by atoms with Crippen LogP contribution in [0.4, 0.5) is 0 Å². The summed E-state index contributed by atoms with van der Waals surface area (Å²) in [4.78, 5) is 2.56. The fourth-order valence-corrected chi connectivity index (χ4v) is 1.87. The molecule has 0 aromatic rings. The van der Waals surface area contributed by atoms with Crippen LogP contribution in [-0.2, 0) is 0 Å². The quantitative estimate of drug-likeness (QED) is 0.665. The highest BCUT2D eigenvalue weighted by molar-refractivity contribution is 4.70. The van der Waals surface area contributed by atoms with E-state index in [1.54, 1.807) is 0 Å².